The van der Waals surface area contributed by atoms with E-state index in [4.69, 9.17) is 4.74 Å². The molecule has 4 heterocycles. The van der Waals surface area contributed by atoms with Crippen LogP contribution in [0.3, 0.4) is 0 Å². The molecule has 0 aromatic rings. The number of thioether (sulfide) groups is 1. The first-order valence-corrected chi connectivity index (χ1v) is 13.0. The second-order valence-corrected chi connectivity index (χ2v) is 11.8. The fourth-order valence-electron chi connectivity index (χ4n) is 5.89. The third-order valence-corrected chi connectivity index (χ3v) is 9.04. The van der Waals surface area contributed by atoms with Crippen LogP contribution in [0.25, 0.3) is 0 Å². The predicted octanol–water partition coefficient (Wildman–Crippen LogP) is 2.39. The van der Waals surface area contributed by atoms with Crippen molar-refractivity contribution in [2.24, 2.45) is 17.8 Å². The number of amides is 2. The molecule has 4 rings (SSSR count). The number of ether oxygens (including phenoxy) is 1. The smallest absolute Gasteiger partial charge is 0.311 e. The normalized spacial score (nSPS) is 36.0. The van der Waals surface area contributed by atoms with Gasteiger partial charge in [-0.3, -0.25) is 14.4 Å². The first kappa shape index (κ1) is 24.3. The van der Waals surface area contributed by atoms with Crippen LogP contribution in [0.2, 0.25) is 0 Å². The summed E-state index contributed by atoms with van der Waals surface area (Å²) in [6.07, 6.45) is 10.2. The Morgan fingerprint density at radius 1 is 1.18 bits per heavy atom. The van der Waals surface area contributed by atoms with Crippen LogP contribution in [0.4, 0.5) is 0 Å². The second kappa shape index (κ2) is 9.45. The zero-order valence-corrected chi connectivity index (χ0v) is 20.8. The molecule has 6 atom stereocenters. The number of rotatable bonds is 5. The van der Waals surface area contributed by atoms with Crippen LogP contribution >= 0.6 is 11.8 Å². The maximum absolute atomic E-state index is 14.1. The van der Waals surface area contributed by atoms with Gasteiger partial charge in [0.05, 0.1) is 35.8 Å². The number of esters is 1. The van der Waals surface area contributed by atoms with Gasteiger partial charge in [0.25, 0.3) is 0 Å². The lowest BCUT2D eigenvalue weighted by atomic mass is 9.78. The summed E-state index contributed by atoms with van der Waals surface area (Å²) in [6.45, 7) is 8.61. The van der Waals surface area contributed by atoms with Crippen molar-refractivity contribution < 1.29 is 24.2 Å². The van der Waals surface area contributed by atoms with Crippen LogP contribution in [0.5, 0.6) is 0 Å². The van der Waals surface area contributed by atoms with Crippen LogP contribution < -0.4 is 0 Å². The van der Waals surface area contributed by atoms with Crippen molar-refractivity contribution in [1.29, 1.82) is 0 Å². The van der Waals surface area contributed by atoms with Crippen LogP contribution in [0.1, 0.15) is 47.0 Å². The van der Waals surface area contributed by atoms with E-state index in [1.54, 1.807) is 21.6 Å². The van der Waals surface area contributed by atoms with Crippen molar-refractivity contribution in [3.05, 3.63) is 24.3 Å². The van der Waals surface area contributed by atoms with E-state index in [1.165, 1.54) is 0 Å². The summed E-state index contributed by atoms with van der Waals surface area (Å²) in [7, 11) is 0. The molecule has 0 aromatic heterocycles. The highest BCUT2D eigenvalue weighted by atomic mass is 32.2. The second-order valence-electron chi connectivity index (χ2n) is 10.3. The quantitative estimate of drug-likeness (QED) is 0.484. The van der Waals surface area contributed by atoms with Gasteiger partial charge in [-0.1, -0.05) is 38.2 Å². The van der Waals surface area contributed by atoms with E-state index in [2.05, 4.69) is 6.08 Å². The SMILES string of the molecule is CC(C)C[C@H](CO)N1C(=O)[C@@H]2[C@H]3C(=O)OCCC/C=C\[C@H]3S[C@@]23C=CCN(C(C)C)C(=O)C13. The van der Waals surface area contributed by atoms with E-state index < -0.39 is 28.7 Å². The number of hydrogen-bond acceptors (Lipinski definition) is 6. The number of allylic oxidation sites excluding steroid dienone is 1. The van der Waals surface area contributed by atoms with Gasteiger partial charge in [-0.15, -0.1) is 11.8 Å². The molecule has 1 N–H and O–H groups in total. The Hall–Kier alpha value is -1.80. The minimum atomic E-state index is -0.861. The zero-order valence-electron chi connectivity index (χ0n) is 20.0. The molecule has 0 saturated carbocycles. The molecule has 0 radical (unpaired) electrons. The van der Waals surface area contributed by atoms with Gasteiger partial charge in [0, 0.05) is 17.8 Å². The molecule has 2 amide bonds. The Balaban J connectivity index is 1.86. The van der Waals surface area contributed by atoms with Crippen molar-refractivity contribution in [3.8, 4) is 0 Å². The Morgan fingerprint density at radius 2 is 1.94 bits per heavy atom. The molecule has 0 aromatic carbocycles. The van der Waals surface area contributed by atoms with E-state index in [1.807, 2.05) is 45.9 Å². The number of fused-ring (bicyclic) bond motifs is 2. The average molecular weight is 477 g/mol. The molecule has 8 heteroatoms. The molecule has 1 unspecified atom stereocenters. The molecule has 0 aliphatic carbocycles. The van der Waals surface area contributed by atoms with Gasteiger partial charge in [0.15, 0.2) is 0 Å². The predicted molar refractivity (Wildman–Crippen MR) is 127 cm³/mol. The monoisotopic (exact) mass is 476 g/mol. The summed E-state index contributed by atoms with van der Waals surface area (Å²) in [6, 6.07) is -1.26. The number of carbonyl (C=O) groups is 3. The Bertz CT molecular complexity index is 856. The summed E-state index contributed by atoms with van der Waals surface area (Å²) in [4.78, 5) is 44.8. The van der Waals surface area contributed by atoms with E-state index in [-0.39, 0.29) is 41.6 Å². The van der Waals surface area contributed by atoms with Crippen molar-refractivity contribution in [1.82, 2.24) is 9.80 Å². The number of aliphatic hydroxyl groups excluding tert-OH is 1. The highest BCUT2D eigenvalue weighted by Crippen LogP contribution is 2.61. The third kappa shape index (κ3) is 4.03. The van der Waals surface area contributed by atoms with Crippen LogP contribution in [0.15, 0.2) is 24.3 Å². The Kier molecular flexibility index (Phi) is 6.97. The molecule has 7 nitrogen and oxygen atoms in total. The highest BCUT2D eigenvalue weighted by molar-refractivity contribution is 8.02. The summed E-state index contributed by atoms with van der Waals surface area (Å²) in [5, 5.41) is 10.1. The van der Waals surface area contributed by atoms with Gasteiger partial charge in [-0.25, -0.2) is 0 Å². The van der Waals surface area contributed by atoms with Crippen LogP contribution in [-0.4, -0.2) is 80.6 Å². The summed E-state index contributed by atoms with van der Waals surface area (Å²) < 4.78 is 4.72. The topological polar surface area (TPSA) is 87.2 Å². The summed E-state index contributed by atoms with van der Waals surface area (Å²) in [5.41, 5.74) is 0. The van der Waals surface area contributed by atoms with Crippen molar-refractivity contribution in [2.75, 3.05) is 19.8 Å². The molecule has 182 valence electrons. The summed E-state index contributed by atoms with van der Waals surface area (Å²) >= 11 is 1.55. The average Bonchev–Trinajstić information content (AvgIpc) is 3.16. The molecule has 2 fully saturated rings. The largest absolute Gasteiger partial charge is 0.465 e. The number of aliphatic hydroxyl groups is 1. The van der Waals surface area contributed by atoms with E-state index >= 15 is 0 Å². The minimum Gasteiger partial charge on any atom is -0.465 e. The van der Waals surface area contributed by atoms with E-state index in [0.717, 1.165) is 12.8 Å². The van der Waals surface area contributed by atoms with Gasteiger partial charge in [-0.2, -0.15) is 0 Å². The molecule has 4 aliphatic rings. The molecular formula is C25H36N2O5S. The fraction of sp³-hybridized carbons (Fsp3) is 0.720. The maximum atomic E-state index is 14.1. The molecule has 1 spiro atoms. The number of cyclic esters (lactones) is 1. The molecular weight excluding hydrogens is 440 g/mol. The number of hydrogen-bond donors (Lipinski definition) is 1. The lowest BCUT2D eigenvalue weighted by Gasteiger charge is -2.39. The van der Waals surface area contributed by atoms with Gasteiger partial charge < -0.3 is 19.6 Å². The number of carbonyl (C=O) groups excluding carboxylic acids is 3. The zero-order chi connectivity index (χ0) is 23.9. The lowest BCUT2D eigenvalue weighted by Crippen LogP contribution is -2.57. The number of likely N-dealkylation sites (tertiary alicyclic amines) is 1. The molecule has 33 heavy (non-hydrogen) atoms. The standard InChI is InChI=1S/C25H36N2O5S/c1-15(2)13-17(14-28)27-21-23(30)26(16(3)4)11-8-10-25(21)20(22(27)29)19-18(33-25)9-6-5-7-12-32-24(19)31/h6,8-10,15-21,28H,5,7,11-14H2,1-4H3/b9-6-/t17-,18-,19+,20+,21?,25+/m1/s1. The van der Waals surface area contributed by atoms with Crippen LogP contribution in [-0.2, 0) is 19.1 Å². The van der Waals surface area contributed by atoms with Gasteiger partial charge in [0.1, 0.15) is 6.04 Å². The molecule has 4 aliphatic heterocycles. The van der Waals surface area contributed by atoms with E-state index in [9.17, 15) is 19.5 Å². The van der Waals surface area contributed by atoms with Crippen LogP contribution in [0, 0.1) is 17.8 Å². The van der Waals surface area contributed by atoms with Gasteiger partial charge >= 0.3 is 5.97 Å². The Morgan fingerprint density at radius 3 is 2.61 bits per heavy atom. The minimum absolute atomic E-state index is 0.0283. The van der Waals surface area contributed by atoms with Gasteiger partial charge in [-0.05, 0) is 39.0 Å². The lowest BCUT2D eigenvalue weighted by molar-refractivity contribution is -0.153. The molecule has 0 bridgehead atoms. The van der Waals surface area contributed by atoms with Crippen molar-refractivity contribution in [3.63, 3.8) is 0 Å². The Labute approximate surface area is 200 Å². The highest BCUT2D eigenvalue weighted by Gasteiger charge is 2.71. The third-order valence-electron chi connectivity index (χ3n) is 7.29. The summed E-state index contributed by atoms with van der Waals surface area (Å²) in [5.74, 6) is -1.78. The van der Waals surface area contributed by atoms with Crippen molar-refractivity contribution >= 4 is 29.5 Å². The van der Waals surface area contributed by atoms with Gasteiger partial charge in [0.2, 0.25) is 11.8 Å². The maximum Gasteiger partial charge on any atom is 0.311 e. The number of nitrogens with zero attached hydrogens (tertiary/aromatic N) is 2. The first-order chi connectivity index (χ1) is 15.7. The first-order valence-electron chi connectivity index (χ1n) is 12.1. The molecule has 2 saturated heterocycles. The van der Waals surface area contributed by atoms with E-state index in [0.29, 0.717) is 19.6 Å². The fourth-order valence-corrected chi connectivity index (χ4v) is 7.88. The van der Waals surface area contributed by atoms with Crippen molar-refractivity contribution in [2.45, 2.75) is 75.1 Å².